The molecule has 0 saturated carbocycles. The van der Waals surface area contributed by atoms with Gasteiger partial charge in [0.1, 0.15) is 5.82 Å². The fraction of sp³-hybridized carbons (Fsp3) is 0.381. The van der Waals surface area contributed by atoms with Gasteiger partial charge in [0.2, 0.25) is 6.79 Å². The van der Waals surface area contributed by atoms with Gasteiger partial charge in [0.15, 0.2) is 23.1 Å². The Hall–Kier alpha value is -2.56. The van der Waals surface area contributed by atoms with E-state index in [1.165, 1.54) is 0 Å². The summed E-state index contributed by atoms with van der Waals surface area (Å²) in [6.45, 7) is 4.64. The predicted molar refractivity (Wildman–Crippen MR) is 127 cm³/mol. The van der Waals surface area contributed by atoms with Crippen LogP contribution in [0.25, 0.3) is 5.65 Å². The molecule has 0 saturated heterocycles. The highest BCUT2D eigenvalue weighted by Gasteiger charge is 2.14. The molecule has 30 heavy (non-hydrogen) atoms. The normalized spacial score (nSPS) is 12.7. The van der Waals surface area contributed by atoms with Crippen molar-refractivity contribution in [1.82, 2.24) is 24.8 Å². The van der Waals surface area contributed by atoms with E-state index in [9.17, 15) is 0 Å². The zero-order chi connectivity index (χ0) is 20.1. The molecule has 1 N–H and O–H groups in total. The van der Waals surface area contributed by atoms with Crippen molar-refractivity contribution in [2.24, 2.45) is 4.99 Å². The third-order valence-electron chi connectivity index (χ3n) is 4.76. The number of benzene rings is 1. The maximum atomic E-state index is 5.47. The van der Waals surface area contributed by atoms with Crippen molar-refractivity contribution < 1.29 is 9.47 Å². The summed E-state index contributed by atoms with van der Waals surface area (Å²) in [7, 11) is 2.04. The molecule has 0 amide bonds. The first-order valence-corrected chi connectivity index (χ1v) is 9.91. The number of nitrogens with zero attached hydrogens (tertiary/aromatic N) is 5. The summed E-state index contributed by atoms with van der Waals surface area (Å²) in [5.74, 6) is 3.46. The second-order valence-electron chi connectivity index (χ2n) is 6.93. The first-order valence-electron chi connectivity index (χ1n) is 9.91. The fourth-order valence-corrected chi connectivity index (χ4v) is 3.34. The van der Waals surface area contributed by atoms with Crippen molar-refractivity contribution in [3.8, 4) is 11.5 Å². The summed E-state index contributed by atoms with van der Waals surface area (Å²) in [4.78, 5) is 6.90. The Morgan fingerprint density at radius 3 is 2.93 bits per heavy atom. The molecule has 0 radical (unpaired) electrons. The number of halogens is 1. The van der Waals surface area contributed by atoms with Crippen LogP contribution in [0.2, 0.25) is 0 Å². The zero-order valence-electron chi connectivity index (χ0n) is 17.2. The van der Waals surface area contributed by atoms with Crippen molar-refractivity contribution >= 4 is 35.6 Å². The molecule has 3 heterocycles. The molecule has 3 aromatic rings. The second-order valence-corrected chi connectivity index (χ2v) is 6.93. The van der Waals surface area contributed by atoms with Gasteiger partial charge in [-0.3, -0.25) is 9.39 Å². The molecule has 1 aromatic carbocycles. The number of ether oxygens (including phenoxy) is 2. The number of nitrogens with one attached hydrogen (secondary N) is 1. The highest BCUT2D eigenvalue weighted by molar-refractivity contribution is 14.0. The molecular formula is C21H27IN6O2. The van der Waals surface area contributed by atoms with Crippen LogP contribution in [-0.2, 0) is 13.0 Å². The lowest BCUT2D eigenvalue weighted by atomic mass is 10.2. The van der Waals surface area contributed by atoms with E-state index in [1.807, 2.05) is 48.0 Å². The quantitative estimate of drug-likeness (QED) is 0.223. The number of aliphatic imine (C=N–C) groups is 1. The van der Waals surface area contributed by atoms with Crippen LogP contribution in [0, 0.1) is 0 Å². The highest BCUT2D eigenvalue weighted by atomic mass is 127. The van der Waals surface area contributed by atoms with Crippen molar-refractivity contribution in [2.45, 2.75) is 26.3 Å². The monoisotopic (exact) mass is 522 g/mol. The molecule has 0 unspecified atom stereocenters. The van der Waals surface area contributed by atoms with Gasteiger partial charge < -0.3 is 19.7 Å². The summed E-state index contributed by atoms with van der Waals surface area (Å²) in [5.41, 5.74) is 2.03. The minimum Gasteiger partial charge on any atom is -0.454 e. The number of fused-ring (bicyclic) bond motifs is 2. The standard InChI is InChI=1S/C21H26N6O2.HI/c1-3-22-21(26(2)14-16-9-10-17-18(13-16)29-15-28-17)23-11-6-8-20-25-24-19-7-4-5-12-27(19)20;/h4-5,7,9-10,12-13H,3,6,8,11,14-15H2,1-2H3,(H,22,23);1H. The van der Waals surface area contributed by atoms with Crippen LogP contribution >= 0.6 is 24.0 Å². The lowest BCUT2D eigenvalue weighted by Crippen LogP contribution is -2.38. The van der Waals surface area contributed by atoms with Crippen LogP contribution in [0.4, 0.5) is 0 Å². The molecule has 0 fully saturated rings. The van der Waals surface area contributed by atoms with E-state index < -0.39 is 0 Å². The Balaban J connectivity index is 0.00000256. The van der Waals surface area contributed by atoms with Gasteiger partial charge in [-0.25, -0.2) is 0 Å². The summed E-state index contributed by atoms with van der Waals surface area (Å²) in [6, 6.07) is 12.0. The van der Waals surface area contributed by atoms with Gasteiger partial charge >= 0.3 is 0 Å². The van der Waals surface area contributed by atoms with Crippen LogP contribution in [0.3, 0.4) is 0 Å². The molecule has 1 aliphatic rings. The number of guanidine groups is 1. The molecule has 2 aromatic heterocycles. The van der Waals surface area contributed by atoms with Crippen molar-refractivity contribution in [2.75, 3.05) is 26.9 Å². The topological polar surface area (TPSA) is 76.3 Å². The molecule has 4 rings (SSSR count). The van der Waals surface area contributed by atoms with E-state index in [4.69, 9.17) is 14.5 Å². The second kappa shape index (κ2) is 10.5. The molecular weight excluding hydrogens is 495 g/mol. The lowest BCUT2D eigenvalue weighted by Gasteiger charge is -2.22. The molecule has 1 aliphatic heterocycles. The summed E-state index contributed by atoms with van der Waals surface area (Å²) < 4.78 is 12.9. The van der Waals surface area contributed by atoms with Crippen molar-refractivity contribution in [3.63, 3.8) is 0 Å². The number of rotatable bonds is 7. The highest BCUT2D eigenvalue weighted by Crippen LogP contribution is 2.32. The van der Waals surface area contributed by atoms with Gasteiger partial charge in [-0.15, -0.1) is 34.2 Å². The van der Waals surface area contributed by atoms with Gasteiger partial charge in [-0.05, 0) is 43.2 Å². The third kappa shape index (κ3) is 5.13. The molecule has 0 spiro atoms. The van der Waals surface area contributed by atoms with Crippen LogP contribution < -0.4 is 14.8 Å². The SMILES string of the molecule is CCNC(=NCCCc1nnc2ccccn12)N(C)Cc1ccc2c(c1)OCO2.I. The van der Waals surface area contributed by atoms with Crippen molar-refractivity contribution in [3.05, 3.63) is 54.0 Å². The number of hydrogen-bond donors (Lipinski definition) is 1. The Kier molecular flexibility index (Phi) is 7.72. The average Bonchev–Trinajstić information content (AvgIpc) is 3.37. The number of aromatic nitrogens is 3. The summed E-state index contributed by atoms with van der Waals surface area (Å²) in [6.07, 6.45) is 3.74. The van der Waals surface area contributed by atoms with Gasteiger partial charge in [-0.2, -0.15) is 0 Å². The fourth-order valence-electron chi connectivity index (χ4n) is 3.34. The van der Waals surface area contributed by atoms with E-state index >= 15 is 0 Å². The van der Waals surface area contributed by atoms with E-state index in [-0.39, 0.29) is 24.0 Å². The van der Waals surface area contributed by atoms with Gasteiger partial charge in [0, 0.05) is 39.3 Å². The van der Waals surface area contributed by atoms with Gasteiger partial charge in [-0.1, -0.05) is 12.1 Å². The average molecular weight is 522 g/mol. The maximum absolute atomic E-state index is 5.47. The lowest BCUT2D eigenvalue weighted by molar-refractivity contribution is 0.174. The molecule has 9 heteroatoms. The minimum absolute atomic E-state index is 0. The predicted octanol–water partition coefficient (Wildman–Crippen LogP) is 3.11. The number of aryl methyl sites for hydroxylation is 1. The smallest absolute Gasteiger partial charge is 0.231 e. The Labute approximate surface area is 193 Å². The van der Waals surface area contributed by atoms with E-state index in [1.54, 1.807) is 0 Å². The van der Waals surface area contributed by atoms with Crippen molar-refractivity contribution in [1.29, 1.82) is 0 Å². The van der Waals surface area contributed by atoms with Crippen LogP contribution in [0.5, 0.6) is 11.5 Å². The third-order valence-corrected chi connectivity index (χ3v) is 4.76. The minimum atomic E-state index is 0. The summed E-state index contributed by atoms with van der Waals surface area (Å²) in [5, 5.41) is 11.8. The van der Waals surface area contributed by atoms with Crippen LogP contribution in [0.15, 0.2) is 47.6 Å². The first kappa shape index (κ1) is 22.1. The number of pyridine rings is 1. The van der Waals surface area contributed by atoms with E-state index in [0.717, 1.165) is 67.0 Å². The Morgan fingerprint density at radius 2 is 2.07 bits per heavy atom. The first-order chi connectivity index (χ1) is 14.2. The zero-order valence-corrected chi connectivity index (χ0v) is 19.6. The maximum Gasteiger partial charge on any atom is 0.231 e. The molecule has 0 atom stereocenters. The molecule has 8 nitrogen and oxygen atoms in total. The molecule has 160 valence electrons. The van der Waals surface area contributed by atoms with Crippen LogP contribution in [0.1, 0.15) is 24.7 Å². The molecule has 0 aliphatic carbocycles. The van der Waals surface area contributed by atoms with Crippen LogP contribution in [-0.4, -0.2) is 52.4 Å². The molecule has 0 bridgehead atoms. The Bertz CT molecular complexity index is 1010. The number of hydrogen-bond acceptors (Lipinski definition) is 5. The Morgan fingerprint density at radius 1 is 1.20 bits per heavy atom. The van der Waals surface area contributed by atoms with Gasteiger partial charge in [0.05, 0.1) is 0 Å². The summed E-state index contributed by atoms with van der Waals surface area (Å²) >= 11 is 0. The largest absolute Gasteiger partial charge is 0.454 e. The van der Waals surface area contributed by atoms with E-state index in [0.29, 0.717) is 6.79 Å². The van der Waals surface area contributed by atoms with E-state index in [2.05, 4.69) is 33.4 Å². The van der Waals surface area contributed by atoms with Gasteiger partial charge in [0.25, 0.3) is 0 Å².